The molecule has 2 aromatic carbocycles. The summed E-state index contributed by atoms with van der Waals surface area (Å²) in [6, 6.07) is 4.51. The molecule has 5 atom stereocenters. The molecule has 2 aliphatic carbocycles. The van der Waals surface area contributed by atoms with Gasteiger partial charge in [-0.05, 0) is 62.6 Å². The second-order valence-electron chi connectivity index (χ2n) is 10.6. The molecule has 0 aromatic heterocycles. The van der Waals surface area contributed by atoms with Crippen LogP contribution in [0.25, 0.3) is 0 Å². The summed E-state index contributed by atoms with van der Waals surface area (Å²) in [7, 11) is -2.57. The third kappa shape index (κ3) is 6.00. The molecule has 218 valence electrons. The van der Waals surface area contributed by atoms with E-state index in [0.29, 0.717) is 31.6 Å². The summed E-state index contributed by atoms with van der Waals surface area (Å²) in [4.78, 5) is 25.0. The van der Waals surface area contributed by atoms with E-state index in [-0.39, 0.29) is 52.4 Å². The number of carbonyl (C=O) groups is 2. The molecule has 2 fully saturated rings. The molecule has 0 saturated heterocycles. The number of aliphatic hydroxyl groups is 1. The number of halogens is 4. The Morgan fingerprint density at radius 1 is 1.12 bits per heavy atom. The number of carbonyl (C=O) groups excluding carboxylic acids is 2. The van der Waals surface area contributed by atoms with Crippen LogP contribution in [0.4, 0.5) is 18.9 Å². The molecular formula is C27H30ClF3N2O6S. The van der Waals surface area contributed by atoms with E-state index in [2.05, 4.69) is 10.6 Å². The molecule has 4 unspecified atom stereocenters. The molecule has 2 aromatic rings. The minimum atomic E-state index is -4.08. The number of hydrogen-bond acceptors (Lipinski definition) is 6. The van der Waals surface area contributed by atoms with Gasteiger partial charge in [-0.2, -0.15) is 0 Å². The quantitative estimate of drug-likeness (QED) is 0.369. The molecule has 0 spiro atoms. The van der Waals surface area contributed by atoms with Crippen LogP contribution in [0.2, 0.25) is 5.02 Å². The van der Waals surface area contributed by atoms with Crippen LogP contribution >= 0.6 is 11.6 Å². The van der Waals surface area contributed by atoms with E-state index >= 15 is 0 Å². The highest BCUT2D eigenvalue weighted by Crippen LogP contribution is 2.53. The number of anilines is 1. The predicted molar refractivity (Wildman–Crippen MR) is 141 cm³/mol. The van der Waals surface area contributed by atoms with E-state index in [9.17, 15) is 36.3 Å². The van der Waals surface area contributed by atoms with E-state index < -0.39 is 55.9 Å². The number of hydrogen-bond donors (Lipinski definition) is 3. The van der Waals surface area contributed by atoms with E-state index in [1.807, 2.05) is 0 Å². The smallest absolute Gasteiger partial charge is 0.255 e. The molecule has 8 nitrogen and oxygen atoms in total. The van der Waals surface area contributed by atoms with Crippen molar-refractivity contribution in [2.45, 2.75) is 60.8 Å². The van der Waals surface area contributed by atoms with E-state index in [4.69, 9.17) is 16.3 Å². The lowest BCUT2D eigenvalue weighted by molar-refractivity contribution is -0.133. The Morgan fingerprint density at radius 3 is 2.30 bits per heavy atom. The summed E-state index contributed by atoms with van der Waals surface area (Å²) in [5.74, 6) is -6.76. The number of methoxy groups -OCH3 is 1. The molecule has 0 radical (unpaired) electrons. The first-order valence-corrected chi connectivity index (χ1v) is 14.7. The van der Waals surface area contributed by atoms with Crippen LogP contribution in [0.1, 0.15) is 49.4 Å². The van der Waals surface area contributed by atoms with Gasteiger partial charge in [0.1, 0.15) is 0 Å². The van der Waals surface area contributed by atoms with Gasteiger partial charge in [-0.15, -0.1) is 0 Å². The third-order valence-corrected chi connectivity index (χ3v) is 10.5. The lowest BCUT2D eigenvalue weighted by Gasteiger charge is -2.42. The highest BCUT2D eigenvalue weighted by atomic mass is 35.5. The Labute approximate surface area is 235 Å². The van der Waals surface area contributed by atoms with E-state index in [1.165, 1.54) is 19.2 Å². The molecule has 2 saturated carbocycles. The van der Waals surface area contributed by atoms with Crippen LogP contribution in [0.5, 0.6) is 0 Å². The Hall–Kier alpha value is -2.67. The summed E-state index contributed by atoms with van der Waals surface area (Å²) in [5.41, 5.74) is -1.84. The fourth-order valence-electron chi connectivity index (χ4n) is 5.90. The first-order valence-electron chi connectivity index (χ1n) is 12.8. The minimum absolute atomic E-state index is 0.108. The maximum Gasteiger partial charge on any atom is 0.255 e. The predicted octanol–water partition coefficient (Wildman–Crippen LogP) is 4.24. The molecule has 13 heteroatoms. The van der Waals surface area contributed by atoms with Crippen LogP contribution in [0.3, 0.4) is 0 Å². The van der Waals surface area contributed by atoms with Crippen molar-refractivity contribution >= 4 is 38.9 Å². The first kappa shape index (κ1) is 30.3. The number of ether oxygens (including phenoxy) is 1. The first-order chi connectivity index (χ1) is 18.8. The van der Waals surface area contributed by atoms with Crippen molar-refractivity contribution in [1.82, 2.24) is 5.32 Å². The van der Waals surface area contributed by atoms with Gasteiger partial charge in [0.2, 0.25) is 5.91 Å². The normalized spacial score (nSPS) is 24.9. The standard InChI is InChI=1S/C27H30ClF3N2O6S/c1-14(13-39-2)32-24(34)12-27(36)16-4-5-17(27)9-19(8-16)40(37,38)23-7-15(3-6-20(23)28)26(35)33-18-10-21(29)25(31)22(30)11-18/h3,6-7,10-11,14,16-17,19,36H,4-5,8-9,12-13H2,1-2H3,(H,32,34)(H,33,35)/t14?,16-,17?,19?,27?/m0/s1. The molecule has 2 bridgehead atoms. The highest BCUT2D eigenvalue weighted by Gasteiger charge is 2.56. The number of fused-ring (bicyclic) bond motifs is 2. The molecular weight excluding hydrogens is 573 g/mol. The molecule has 4 rings (SSSR count). The summed E-state index contributed by atoms with van der Waals surface area (Å²) < 4.78 is 72.8. The molecule has 2 aliphatic rings. The van der Waals surface area contributed by atoms with Gasteiger partial charge in [0.25, 0.3) is 5.91 Å². The largest absolute Gasteiger partial charge is 0.389 e. The molecule has 0 aliphatic heterocycles. The SMILES string of the molecule is COCC(C)NC(=O)CC1(O)C2CC[C@H]1CC(S(=O)(=O)c1cc(C(=O)Nc3cc(F)c(F)c(F)c3)ccc1Cl)C2. The lowest BCUT2D eigenvalue weighted by atomic mass is 9.72. The minimum Gasteiger partial charge on any atom is -0.389 e. The number of rotatable bonds is 9. The number of nitrogens with one attached hydrogen (secondary N) is 2. The molecule has 3 N–H and O–H groups in total. The van der Waals surface area contributed by atoms with Crippen molar-refractivity contribution in [2.24, 2.45) is 11.8 Å². The third-order valence-electron chi connectivity index (χ3n) is 7.82. The second kappa shape index (κ2) is 11.7. The molecule has 40 heavy (non-hydrogen) atoms. The summed E-state index contributed by atoms with van der Waals surface area (Å²) >= 11 is 6.25. The van der Waals surface area contributed by atoms with Crippen molar-refractivity contribution in [2.75, 3.05) is 19.0 Å². The molecule has 2 amide bonds. The van der Waals surface area contributed by atoms with Crippen molar-refractivity contribution in [3.63, 3.8) is 0 Å². The topological polar surface area (TPSA) is 122 Å². The Morgan fingerprint density at radius 2 is 1.73 bits per heavy atom. The van der Waals surface area contributed by atoms with Crippen LogP contribution in [0.15, 0.2) is 35.2 Å². The summed E-state index contributed by atoms with van der Waals surface area (Å²) in [6.45, 7) is 2.09. The fourth-order valence-corrected chi connectivity index (χ4v) is 8.30. The van der Waals surface area contributed by atoms with Crippen molar-refractivity contribution < 1.29 is 41.0 Å². The lowest BCUT2D eigenvalue weighted by Crippen LogP contribution is -2.51. The average molecular weight is 603 g/mol. The van der Waals surface area contributed by atoms with Crippen molar-refractivity contribution in [3.8, 4) is 0 Å². The van der Waals surface area contributed by atoms with Gasteiger partial charge in [-0.3, -0.25) is 9.59 Å². The van der Waals surface area contributed by atoms with Gasteiger partial charge in [0.15, 0.2) is 27.3 Å². The average Bonchev–Trinajstić information content (AvgIpc) is 3.03. The zero-order chi connectivity index (χ0) is 29.4. The molecule has 0 heterocycles. The number of benzene rings is 2. The van der Waals surface area contributed by atoms with Crippen molar-refractivity contribution in [1.29, 1.82) is 0 Å². The summed E-state index contributed by atoms with van der Waals surface area (Å²) in [5, 5.41) is 15.4. The Balaban J connectivity index is 1.51. The maximum absolute atomic E-state index is 13.7. The zero-order valence-corrected chi connectivity index (χ0v) is 23.4. The van der Waals surface area contributed by atoms with Gasteiger partial charge in [0.05, 0.1) is 33.8 Å². The van der Waals surface area contributed by atoms with Crippen LogP contribution < -0.4 is 10.6 Å². The monoisotopic (exact) mass is 602 g/mol. The van der Waals surface area contributed by atoms with Gasteiger partial charge in [-0.1, -0.05) is 11.6 Å². The van der Waals surface area contributed by atoms with Gasteiger partial charge >= 0.3 is 0 Å². The maximum atomic E-state index is 13.7. The summed E-state index contributed by atoms with van der Waals surface area (Å²) in [6.07, 6.45) is 1.20. The van der Waals surface area contributed by atoms with E-state index in [0.717, 1.165) is 6.07 Å². The van der Waals surface area contributed by atoms with E-state index in [1.54, 1.807) is 6.92 Å². The second-order valence-corrected chi connectivity index (χ2v) is 13.2. The van der Waals surface area contributed by atoms with Gasteiger partial charge < -0.3 is 20.5 Å². The fraction of sp³-hybridized carbons (Fsp3) is 0.481. The number of amides is 2. The van der Waals surface area contributed by atoms with Crippen LogP contribution in [0, 0.1) is 29.3 Å². The Kier molecular flexibility index (Phi) is 8.84. The highest BCUT2D eigenvalue weighted by molar-refractivity contribution is 7.92. The van der Waals surface area contributed by atoms with Crippen LogP contribution in [-0.4, -0.2) is 55.9 Å². The van der Waals surface area contributed by atoms with Crippen LogP contribution in [-0.2, 0) is 19.4 Å². The zero-order valence-electron chi connectivity index (χ0n) is 21.8. The Bertz CT molecular complexity index is 1390. The van der Waals surface area contributed by atoms with Crippen molar-refractivity contribution in [3.05, 3.63) is 58.4 Å². The number of sulfone groups is 1. The van der Waals surface area contributed by atoms with Gasteiger partial charge in [-0.25, -0.2) is 21.6 Å². The van der Waals surface area contributed by atoms with Gasteiger partial charge in [0, 0.05) is 36.5 Å².